The van der Waals surface area contributed by atoms with Gasteiger partial charge in [0, 0.05) is 50.2 Å². The molecule has 4 aromatic rings. The number of alkyl halides is 6. The van der Waals surface area contributed by atoms with E-state index in [1.165, 1.54) is 28.2 Å². The van der Waals surface area contributed by atoms with Crippen molar-refractivity contribution in [2.24, 2.45) is 0 Å². The number of carboxylic acids is 2. The van der Waals surface area contributed by atoms with Crippen molar-refractivity contribution in [1.29, 1.82) is 0 Å². The van der Waals surface area contributed by atoms with Crippen molar-refractivity contribution in [2.75, 3.05) is 23.7 Å². The summed E-state index contributed by atoms with van der Waals surface area (Å²) < 4.78 is 67.8. The summed E-state index contributed by atoms with van der Waals surface area (Å²) in [7, 11) is 0. The molecule has 262 valence electrons. The number of aliphatic hydroxyl groups is 1. The maximum atomic E-state index is 10.5. The van der Waals surface area contributed by atoms with Crippen molar-refractivity contribution in [3.05, 3.63) is 73.1 Å². The van der Waals surface area contributed by atoms with Crippen LogP contribution in [0.2, 0.25) is 0 Å². The lowest BCUT2D eigenvalue weighted by molar-refractivity contribution is -0.675. The topological polar surface area (TPSA) is 164 Å². The normalized spacial score (nSPS) is 14.6. The third-order valence-electron chi connectivity index (χ3n) is 7.20. The van der Waals surface area contributed by atoms with Crippen LogP contribution >= 0.6 is 0 Å². The number of aliphatic carboxylic acids is 2. The standard InChI is InChI=1S/C28H32N4O.2C2HF3O2.H2O/c33-22-12-16-29-25-14-20-31(27-10-4-2-8-23(25)27)18-6-1-7-19-32-21-15-26(30-17-13-22)24-9-3-5-11-28(24)32;2*3-2(4,5)1(6)7;/h2-5,8-11,14-15,20-22,33H,1,6-7,12-13,16-19H2;2*(H,6,7);1H2. The van der Waals surface area contributed by atoms with Gasteiger partial charge in [-0.3, -0.25) is 0 Å². The van der Waals surface area contributed by atoms with Gasteiger partial charge in [-0.05, 0) is 31.4 Å². The molecule has 1 aliphatic rings. The summed E-state index contributed by atoms with van der Waals surface area (Å²) in [4.78, 5) is 17.6. The quantitative estimate of drug-likeness (QED) is 0.189. The summed E-state index contributed by atoms with van der Waals surface area (Å²) in [6, 6.07) is 21.6. The van der Waals surface area contributed by atoms with Gasteiger partial charge in [-0.1, -0.05) is 24.3 Å². The van der Waals surface area contributed by atoms with E-state index in [1.807, 2.05) is 0 Å². The fraction of sp³-hybridized carbons (Fsp3) is 0.375. The van der Waals surface area contributed by atoms with E-state index in [-0.39, 0.29) is 11.6 Å². The van der Waals surface area contributed by atoms with E-state index in [2.05, 4.69) is 92.8 Å². The number of aliphatic hydroxyl groups excluding tert-OH is 1. The van der Waals surface area contributed by atoms with Crippen LogP contribution in [0.15, 0.2) is 73.1 Å². The lowest BCUT2D eigenvalue weighted by atomic mass is 10.1. The van der Waals surface area contributed by atoms with Crippen LogP contribution in [-0.2, 0) is 22.7 Å². The number of rotatable bonds is 0. The predicted molar refractivity (Wildman–Crippen MR) is 160 cm³/mol. The van der Waals surface area contributed by atoms with Crippen LogP contribution < -0.4 is 30.0 Å². The second kappa shape index (κ2) is 18.0. The average molecular weight is 687 g/mol. The molecule has 0 spiro atoms. The molecule has 5 rings (SSSR count). The summed E-state index contributed by atoms with van der Waals surface area (Å²) in [6.45, 7) is 3.55. The van der Waals surface area contributed by atoms with Gasteiger partial charge in [-0.2, -0.15) is 35.5 Å². The number of aromatic nitrogens is 2. The number of benzene rings is 2. The minimum Gasteiger partial charge on any atom is -0.542 e. The third-order valence-corrected chi connectivity index (χ3v) is 7.20. The van der Waals surface area contributed by atoms with Gasteiger partial charge in [-0.15, -0.1) is 0 Å². The lowest BCUT2D eigenvalue weighted by Crippen LogP contribution is -2.37. The van der Waals surface area contributed by atoms with Gasteiger partial charge in [0.2, 0.25) is 11.0 Å². The molecule has 0 aliphatic carbocycles. The van der Waals surface area contributed by atoms with Gasteiger partial charge in [-0.25, -0.2) is 0 Å². The third kappa shape index (κ3) is 11.8. The molecule has 4 bridgehead atoms. The summed E-state index contributed by atoms with van der Waals surface area (Å²) >= 11 is 0. The van der Waals surface area contributed by atoms with Crippen LogP contribution in [-0.4, -0.2) is 54.1 Å². The first-order valence-electron chi connectivity index (χ1n) is 14.7. The number of aryl methyl sites for hydroxylation is 2. The first kappa shape index (κ1) is 39.5. The number of pyridine rings is 2. The van der Waals surface area contributed by atoms with E-state index in [1.54, 1.807) is 0 Å². The molecule has 0 saturated heterocycles. The number of hydrogen-bond acceptors (Lipinski definition) is 7. The molecule has 1 aliphatic heterocycles. The van der Waals surface area contributed by atoms with Crippen molar-refractivity contribution < 1.29 is 65.9 Å². The highest BCUT2D eigenvalue weighted by Gasteiger charge is 2.29. The molecule has 3 heterocycles. The van der Waals surface area contributed by atoms with Crippen LogP contribution in [0.4, 0.5) is 37.7 Å². The van der Waals surface area contributed by atoms with E-state index in [0.717, 1.165) is 63.2 Å². The largest absolute Gasteiger partial charge is 0.542 e. The zero-order valence-electron chi connectivity index (χ0n) is 25.6. The molecule has 5 N–H and O–H groups in total. The van der Waals surface area contributed by atoms with Crippen molar-refractivity contribution in [2.45, 2.75) is 63.7 Å². The molecule has 0 saturated carbocycles. The predicted octanol–water partition coefficient (Wildman–Crippen LogP) is 2.19. The molecule has 10 nitrogen and oxygen atoms in total. The number of carboxylic acid groups (broad SMARTS) is 2. The number of hydrogen-bond donors (Lipinski definition) is 3. The summed E-state index contributed by atoms with van der Waals surface area (Å²) in [5.41, 5.74) is 4.81. The van der Waals surface area contributed by atoms with Gasteiger partial charge in [0.05, 0.1) is 28.3 Å². The molecule has 2 aromatic heterocycles. The second-order valence-corrected chi connectivity index (χ2v) is 10.6. The zero-order chi connectivity index (χ0) is 34.6. The number of halogens is 6. The molecule has 2 aromatic carbocycles. The lowest BCUT2D eigenvalue weighted by Gasteiger charge is -2.15. The Morgan fingerprint density at radius 1 is 0.667 bits per heavy atom. The minimum absolute atomic E-state index is 0. The van der Waals surface area contributed by atoms with Gasteiger partial charge >= 0.3 is 12.4 Å². The van der Waals surface area contributed by atoms with Crippen LogP contribution in [0.5, 0.6) is 0 Å². The Morgan fingerprint density at radius 2 is 1.02 bits per heavy atom. The van der Waals surface area contributed by atoms with E-state index >= 15 is 0 Å². The van der Waals surface area contributed by atoms with Crippen LogP contribution in [0, 0.1) is 0 Å². The summed E-state index contributed by atoms with van der Waals surface area (Å²) in [5, 5.41) is 37.7. The molecule has 48 heavy (non-hydrogen) atoms. The molecule has 16 heteroatoms. The number of carbonyl (C=O) groups excluding carboxylic acids is 2. The Bertz CT molecular complexity index is 1530. The number of carbonyl (C=O) groups is 2. The van der Waals surface area contributed by atoms with Crippen molar-refractivity contribution in [1.82, 2.24) is 0 Å². The number of para-hydroxylation sites is 2. The van der Waals surface area contributed by atoms with Crippen LogP contribution in [0.25, 0.3) is 21.8 Å². The molecule has 0 atom stereocenters. The zero-order valence-corrected chi connectivity index (χ0v) is 25.6. The first-order valence-corrected chi connectivity index (χ1v) is 14.7. The maximum Gasteiger partial charge on any atom is 0.430 e. The molecular formula is C32H36F6N4O6. The van der Waals surface area contributed by atoms with E-state index < -0.39 is 24.3 Å². The summed E-state index contributed by atoms with van der Waals surface area (Å²) in [6.07, 6.45) is -1.37. The van der Waals surface area contributed by atoms with Crippen LogP contribution in [0.1, 0.15) is 32.1 Å². The Kier molecular flexibility index (Phi) is 14.8. The van der Waals surface area contributed by atoms with E-state index in [0.29, 0.717) is 0 Å². The Morgan fingerprint density at radius 3 is 1.38 bits per heavy atom. The highest BCUT2D eigenvalue weighted by atomic mass is 19.4. The van der Waals surface area contributed by atoms with Gasteiger partial charge in [0.25, 0.3) is 0 Å². The molecule has 0 fully saturated rings. The molecule has 0 amide bonds. The van der Waals surface area contributed by atoms with E-state index in [4.69, 9.17) is 19.8 Å². The highest BCUT2D eigenvalue weighted by molar-refractivity contribution is 5.89. The Labute approximate surface area is 271 Å². The first-order chi connectivity index (χ1) is 22.2. The Balaban J connectivity index is 0.000000451. The highest BCUT2D eigenvalue weighted by Crippen LogP contribution is 2.22. The number of nitrogens with one attached hydrogen (secondary N) is 2. The maximum absolute atomic E-state index is 10.5. The van der Waals surface area contributed by atoms with Gasteiger partial charge < -0.3 is 41.0 Å². The van der Waals surface area contributed by atoms with E-state index in [9.17, 15) is 31.4 Å². The fourth-order valence-corrected chi connectivity index (χ4v) is 4.90. The van der Waals surface area contributed by atoms with Gasteiger partial charge in [0.15, 0.2) is 12.4 Å². The fourth-order valence-electron chi connectivity index (χ4n) is 4.90. The van der Waals surface area contributed by atoms with Gasteiger partial charge in [0.1, 0.15) is 25.0 Å². The monoisotopic (exact) mass is 686 g/mol. The van der Waals surface area contributed by atoms with Crippen molar-refractivity contribution in [3.63, 3.8) is 0 Å². The SMILES string of the molecule is O.O=C([O-])C(F)(F)F.O=C([O-])C(F)(F)F.OC1CCNc2cc[n+](c3ccccc23)CCCCC[n+]2ccc(c3ccccc32)NCC1. The average Bonchev–Trinajstić information content (AvgIpc) is 3.01. The number of anilines is 2. The number of fused-ring (bicyclic) bond motifs is 12. The molecule has 0 radical (unpaired) electrons. The van der Waals surface area contributed by atoms with Crippen LogP contribution in [0.3, 0.4) is 0 Å². The number of nitrogens with zero attached hydrogens (tertiary/aromatic N) is 2. The smallest absolute Gasteiger partial charge is 0.430 e. The van der Waals surface area contributed by atoms with Crippen molar-refractivity contribution >= 4 is 45.1 Å². The second-order valence-electron chi connectivity index (χ2n) is 10.6. The van der Waals surface area contributed by atoms with Crippen molar-refractivity contribution in [3.8, 4) is 0 Å². The minimum atomic E-state index is -5.19. The molecule has 0 unspecified atom stereocenters. The summed E-state index contributed by atoms with van der Waals surface area (Å²) in [5.74, 6) is -6.01. The Hall–Kier alpha value is -4.70. The molecular weight excluding hydrogens is 650 g/mol.